The van der Waals surface area contributed by atoms with Crippen molar-refractivity contribution in [2.45, 2.75) is 65.2 Å². The molecule has 1 atom stereocenters. The summed E-state index contributed by atoms with van der Waals surface area (Å²) < 4.78 is 5.67. The van der Waals surface area contributed by atoms with Crippen LogP contribution in [0.25, 0.3) is 0 Å². The molecule has 1 unspecified atom stereocenters. The van der Waals surface area contributed by atoms with Crippen LogP contribution in [0.5, 0.6) is 5.75 Å². The molecule has 1 rings (SSSR count). The molecule has 3 heteroatoms. The molecular formula is C18H27ClO2. The molecule has 0 radical (unpaired) electrons. The molecule has 0 spiro atoms. The summed E-state index contributed by atoms with van der Waals surface area (Å²) >= 11 is 6.29. The highest BCUT2D eigenvalue weighted by molar-refractivity contribution is 6.30. The van der Waals surface area contributed by atoms with Gasteiger partial charge in [0.15, 0.2) is 0 Å². The molecule has 1 aromatic rings. The number of methoxy groups -OCH3 is 1. The Kier molecular flexibility index (Phi) is 7.24. The second-order valence-electron chi connectivity index (χ2n) is 5.81. The fraction of sp³-hybridized carbons (Fsp3) is 0.611. The van der Waals surface area contributed by atoms with Crippen LogP contribution < -0.4 is 4.74 Å². The van der Waals surface area contributed by atoms with Gasteiger partial charge in [0, 0.05) is 17.9 Å². The summed E-state index contributed by atoms with van der Waals surface area (Å²) in [6.45, 7) is 8.34. The van der Waals surface area contributed by atoms with E-state index in [1.54, 1.807) is 7.11 Å². The molecule has 1 aromatic carbocycles. The Bertz CT molecular complexity index is 480. The van der Waals surface area contributed by atoms with Crippen molar-refractivity contribution in [2.75, 3.05) is 7.11 Å². The van der Waals surface area contributed by atoms with Crippen molar-refractivity contribution < 1.29 is 9.53 Å². The number of Topliss-reactive ketones (excluding diaryl/α,β-unsaturated/α-hetero) is 1. The maximum atomic E-state index is 11.6. The number of benzene rings is 1. The van der Waals surface area contributed by atoms with Crippen LogP contribution in [0.4, 0.5) is 0 Å². The molecule has 0 heterocycles. The number of ether oxygens (including phenoxy) is 1. The highest BCUT2D eigenvalue weighted by Crippen LogP contribution is 2.40. The van der Waals surface area contributed by atoms with Gasteiger partial charge in [-0.05, 0) is 47.9 Å². The lowest BCUT2D eigenvalue weighted by atomic mass is 9.87. The Morgan fingerprint density at radius 2 is 1.86 bits per heavy atom. The maximum Gasteiger partial charge on any atom is 0.132 e. The minimum Gasteiger partial charge on any atom is -0.496 e. The zero-order chi connectivity index (χ0) is 16.0. The van der Waals surface area contributed by atoms with Crippen LogP contribution in [0.2, 0.25) is 5.02 Å². The standard InChI is InChI=1S/C18H27ClO2/c1-6-13(8-9-15(20)7-2)17-11-14(19)10-16(12(3)4)18(17)21-5/h10-13H,6-9H2,1-5H3. The summed E-state index contributed by atoms with van der Waals surface area (Å²) in [4.78, 5) is 11.6. The number of carbonyl (C=O) groups is 1. The summed E-state index contributed by atoms with van der Waals surface area (Å²) in [6, 6.07) is 3.98. The van der Waals surface area contributed by atoms with Crippen LogP contribution in [0.3, 0.4) is 0 Å². The maximum absolute atomic E-state index is 11.6. The van der Waals surface area contributed by atoms with Gasteiger partial charge >= 0.3 is 0 Å². The Hall–Kier alpha value is -1.02. The van der Waals surface area contributed by atoms with Gasteiger partial charge in [-0.15, -0.1) is 0 Å². The second kappa shape index (κ2) is 8.43. The molecule has 118 valence electrons. The molecule has 2 nitrogen and oxygen atoms in total. The average molecular weight is 311 g/mol. The fourth-order valence-corrected chi connectivity index (χ4v) is 2.93. The summed E-state index contributed by atoms with van der Waals surface area (Å²) in [7, 11) is 1.71. The van der Waals surface area contributed by atoms with E-state index in [1.165, 1.54) is 0 Å². The first-order valence-corrected chi connectivity index (χ1v) is 8.21. The third-order valence-corrected chi connectivity index (χ3v) is 4.25. The van der Waals surface area contributed by atoms with Crippen molar-refractivity contribution in [3.8, 4) is 5.75 Å². The number of carbonyl (C=O) groups excluding carboxylic acids is 1. The molecule has 0 fully saturated rings. The van der Waals surface area contributed by atoms with E-state index in [1.807, 2.05) is 19.1 Å². The first-order chi connectivity index (χ1) is 9.94. The van der Waals surface area contributed by atoms with Gasteiger partial charge in [-0.25, -0.2) is 0 Å². The number of ketones is 1. The van der Waals surface area contributed by atoms with Crippen LogP contribution >= 0.6 is 11.6 Å². The average Bonchev–Trinajstić information content (AvgIpc) is 2.46. The topological polar surface area (TPSA) is 26.3 Å². The van der Waals surface area contributed by atoms with Gasteiger partial charge in [0.25, 0.3) is 0 Å². The number of hydrogen-bond donors (Lipinski definition) is 0. The van der Waals surface area contributed by atoms with Gasteiger partial charge in [0.1, 0.15) is 11.5 Å². The van der Waals surface area contributed by atoms with Crippen molar-refractivity contribution in [1.29, 1.82) is 0 Å². The fourth-order valence-electron chi connectivity index (χ4n) is 2.70. The minimum atomic E-state index is 0.312. The Labute approximate surface area is 133 Å². The smallest absolute Gasteiger partial charge is 0.132 e. The Morgan fingerprint density at radius 1 is 1.24 bits per heavy atom. The summed E-state index contributed by atoms with van der Waals surface area (Å²) in [5.74, 6) is 1.92. The van der Waals surface area contributed by atoms with E-state index < -0.39 is 0 Å². The molecule has 0 bridgehead atoms. The Balaban J connectivity index is 3.15. The van der Waals surface area contributed by atoms with Crippen molar-refractivity contribution in [3.63, 3.8) is 0 Å². The zero-order valence-corrected chi connectivity index (χ0v) is 14.6. The third kappa shape index (κ3) is 4.74. The zero-order valence-electron chi connectivity index (χ0n) is 13.8. The lowest BCUT2D eigenvalue weighted by Gasteiger charge is -2.22. The molecule has 0 amide bonds. The van der Waals surface area contributed by atoms with Gasteiger partial charge in [0.05, 0.1) is 7.11 Å². The van der Waals surface area contributed by atoms with Crippen molar-refractivity contribution in [1.82, 2.24) is 0 Å². The van der Waals surface area contributed by atoms with E-state index in [0.29, 0.717) is 30.5 Å². The van der Waals surface area contributed by atoms with Crippen LogP contribution in [0.15, 0.2) is 12.1 Å². The van der Waals surface area contributed by atoms with E-state index >= 15 is 0 Å². The van der Waals surface area contributed by atoms with Gasteiger partial charge in [0.2, 0.25) is 0 Å². The van der Waals surface area contributed by atoms with Gasteiger partial charge < -0.3 is 4.74 Å². The third-order valence-electron chi connectivity index (χ3n) is 4.04. The van der Waals surface area contributed by atoms with E-state index in [9.17, 15) is 4.79 Å². The molecule has 0 aliphatic heterocycles. The van der Waals surface area contributed by atoms with E-state index in [4.69, 9.17) is 16.3 Å². The molecule has 0 aliphatic rings. The summed E-state index contributed by atoms with van der Waals surface area (Å²) in [6.07, 6.45) is 3.07. The number of rotatable bonds is 8. The summed E-state index contributed by atoms with van der Waals surface area (Å²) in [5.41, 5.74) is 2.28. The highest BCUT2D eigenvalue weighted by Gasteiger charge is 2.20. The van der Waals surface area contributed by atoms with Crippen LogP contribution in [0.1, 0.15) is 76.3 Å². The number of hydrogen-bond acceptors (Lipinski definition) is 2. The van der Waals surface area contributed by atoms with Crippen molar-refractivity contribution in [2.24, 2.45) is 0 Å². The quantitative estimate of drug-likeness (QED) is 0.613. The monoisotopic (exact) mass is 310 g/mol. The molecule has 0 N–H and O–H groups in total. The molecule has 0 saturated carbocycles. The molecular weight excluding hydrogens is 284 g/mol. The summed E-state index contributed by atoms with van der Waals surface area (Å²) in [5, 5.41) is 0.745. The SMILES string of the molecule is CCC(=O)CCC(CC)c1cc(Cl)cc(C(C)C)c1OC. The minimum absolute atomic E-state index is 0.312. The first kappa shape index (κ1) is 18.0. The van der Waals surface area contributed by atoms with E-state index in [0.717, 1.165) is 34.7 Å². The largest absolute Gasteiger partial charge is 0.496 e. The molecule has 0 aromatic heterocycles. The molecule has 0 saturated heterocycles. The Morgan fingerprint density at radius 3 is 2.33 bits per heavy atom. The van der Waals surface area contributed by atoms with Gasteiger partial charge in [-0.3, -0.25) is 4.79 Å². The highest BCUT2D eigenvalue weighted by atomic mass is 35.5. The van der Waals surface area contributed by atoms with Crippen LogP contribution in [-0.2, 0) is 4.79 Å². The molecule has 21 heavy (non-hydrogen) atoms. The normalized spacial score (nSPS) is 12.5. The predicted molar refractivity (Wildman–Crippen MR) is 89.7 cm³/mol. The van der Waals surface area contributed by atoms with E-state index in [2.05, 4.69) is 20.8 Å². The second-order valence-corrected chi connectivity index (χ2v) is 6.24. The van der Waals surface area contributed by atoms with Crippen LogP contribution in [0, 0.1) is 0 Å². The van der Waals surface area contributed by atoms with Gasteiger partial charge in [-0.1, -0.05) is 39.3 Å². The van der Waals surface area contributed by atoms with Crippen molar-refractivity contribution >= 4 is 17.4 Å². The molecule has 0 aliphatic carbocycles. The van der Waals surface area contributed by atoms with Gasteiger partial charge in [-0.2, -0.15) is 0 Å². The lowest BCUT2D eigenvalue weighted by Crippen LogP contribution is -2.07. The number of halogens is 1. The van der Waals surface area contributed by atoms with E-state index in [-0.39, 0.29) is 0 Å². The van der Waals surface area contributed by atoms with Crippen molar-refractivity contribution in [3.05, 3.63) is 28.3 Å². The first-order valence-electron chi connectivity index (χ1n) is 7.83. The lowest BCUT2D eigenvalue weighted by molar-refractivity contribution is -0.118. The van der Waals surface area contributed by atoms with Crippen LogP contribution in [-0.4, -0.2) is 12.9 Å². The predicted octanol–water partition coefficient (Wildman–Crippen LogP) is 5.72.